The molecule has 120 valence electrons. The summed E-state index contributed by atoms with van der Waals surface area (Å²) in [5, 5.41) is 4.63. The van der Waals surface area contributed by atoms with Crippen LogP contribution in [0.25, 0.3) is 0 Å². The lowest BCUT2D eigenvalue weighted by atomic mass is 9.98. The van der Waals surface area contributed by atoms with E-state index in [2.05, 4.69) is 21.8 Å². The number of nitrogens with zero attached hydrogens (tertiary/aromatic N) is 2. The fourth-order valence-electron chi connectivity index (χ4n) is 2.48. The number of piperazine rings is 1. The Morgan fingerprint density at radius 2 is 1.81 bits per heavy atom. The molecule has 0 spiro atoms. The van der Waals surface area contributed by atoms with Crippen molar-refractivity contribution in [3.8, 4) is 0 Å². The van der Waals surface area contributed by atoms with Crippen LogP contribution in [0, 0.1) is 0 Å². The average molecular weight is 373 g/mol. The van der Waals surface area contributed by atoms with Crippen molar-refractivity contribution in [1.29, 1.82) is 0 Å². The van der Waals surface area contributed by atoms with Crippen molar-refractivity contribution in [1.82, 2.24) is 15.2 Å². The molecule has 0 saturated carbocycles. The minimum absolute atomic E-state index is 0. The molecule has 1 aliphatic rings. The van der Waals surface area contributed by atoms with Gasteiger partial charge in [0.15, 0.2) is 0 Å². The lowest BCUT2D eigenvalue weighted by Gasteiger charge is -2.36. The third-order valence-corrected chi connectivity index (χ3v) is 3.96. The predicted octanol–water partition coefficient (Wildman–Crippen LogP) is 4.14. The Morgan fingerprint density at radius 1 is 1.29 bits per heavy atom. The van der Waals surface area contributed by atoms with Crippen LogP contribution in [0.3, 0.4) is 0 Å². The van der Waals surface area contributed by atoms with E-state index >= 15 is 0 Å². The van der Waals surface area contributed by atoms with Crippen molar-refractivity contribution in [3.05, 3.63) is 40.2 Å². The third-order valence-electron chi connectivity index (χ3n) is 3.36. The number of hydrogen-bond acceptors (Lipinski definition) is 3. The number of rotatable bonds is 4. The van der Waals surface area contributed by atoms with Crippen molar-refractivity contribution in [2.24, 2.45) is 0 Å². The maximum absolute atomic E-state index is 6.31. The van der Waals surface area contributed by atoms with Gasteiger partial charge in [0.1, 0.15) is 0 Å². The quantitative estimate of drug-likeness (QED) is 0.804. The fraction of sp³-hybridized carbons (Fsp3) is 0.500. The van der Waals surface area contributed by atoms with Crippen LogP contribution in [0.15, 0.2) is 24.5 Å². The van der Waals surface area contributed by atoms with E-state index in [4.69, 9.17) is 23.2 Å². The van der Waals surface area contributed by atoms with Gasteiger partial charge >= 0.3 is 0 Å². The molecule has 0 unspecified atom stereocenters. The number of aromatic nitrogens is 1. The first kappa shape index (κ1) is 21.0. The van der Waals surface area contributed by atoms with E-state index in [-0.39, 0.29) is 30.9 Å². The van der Waals surface area contributed by atoms with Crippen LogP contribution >= 0.6 is 48.0 Å². The Balaban J connectivity index is 0.00000200. The van der Waals surface area contributed by atoms with Crippen LogP contribution in [-0.2, 0) is 0 Å². The molecule has 2 heterocycles. The third kappa shape index (κ3) is 5.59. The van der Waals surface area contributed by atoms with Crippen LogP contribution < -0.4 is 5.32 Å². The van der Waals surface area contributed by atoms with Crippen LogP contribution in [0.1, 0.15) is 24.9 Å². The van der Waals surface area contributed by atoms with Gasteiger partial charge in [0, 0.05) is 50.2 Å². The van der Waals surface area contributed by atoms with E-state index in [1.807, 2.05) is 6.92 Å². The van der Waals surface area contributed by atoms with Crippen molar-refractivity contribution in [3.63, 3.8) is 0 Å². The topological polar surface area (TPSA) is 28.2 Å². The smallest absolute Gasteiger partial charge is 0.0652 e. The van der Waals surface area contributed by atoms with Gasteiger partial charge in [-0.1, -0.05) is 28.8 Å². The molecular formula is C14H21Cl4N3. The number of hydrogen-bond donors (Lipinski definition) is 1. The Kier molecular flexibility index (Phi) is 9.87. The second-order valence-electron chi connectivity index (χ2n) is 4.98. The van der Waals surface area contributed by atoms with Gasteiger partial charge in [0.05, 0.1) is 10.0 Å². The summed E-state index contributed by atoms with van der Waals surface area (Å²) in [6, 6.07) is 0.183. The standard InChI is InChI=1S/C14H19Cl2N3.2ClH/c1-10(2)7-13(19-5-3-17-4-6-19)14-11(15)8-18-9-12(14)16;;/h8-9,13,17H,1,3-7H2,2H3;2*1H/t13-;;/m0../s1. The Morgan fingerprint density at radius 3 is 2.29 bits per heavy atom. The summed E-state index contributed by atoms with van der Waals surface area (Å²) in [7, 11) is 0. The lowest BCUT2D eigenvalue weighted by molar-refractivity contribution is 0.172. The molecule has 21 heavy (non-hydrogen) atoms. The van der Waals surface area contributed by atoms with E-state index in [0.29, 0.717) is 10.0 Å². The molecular weight excluding hydrogens is 352 g/mol. The lowest BCUT2D eigenvalue weighted by Crippen LogP contribution is -2.45. The highest BCUT2D eigenvalue weighted by Gasteiger charge is 2.26. The van der Waals surface area contributed by atoms with E-state index in [9.17, 15) is 0 Å². The zero-order valence-electron chi connectivity index (χ0n) is 11.9. The monoisotopic (exact) mass is 371 g/mol. The van der Waals surface area contributed by atoms with Crippen molar-refractivity contribution in [2.75, 3.05) is 26.2 Å². The molecule has 1 fully saturated rings. The first-order valence-electron chi connectivity index (χ1n) is 6.47. The Bertz CT molecular complexity index is 441. The maximum atomic E-state index is 6.31. The van der Waals surface area contributed by atoms with Gasteiger partial charge in [-0.05, 0) is 13.3 Å². The van der Waals surface area contributed by atoms with Crippen molar-refractivity contribution in [2.45, 2.75) is 19.4 Å². The van der Waals surface area contributed by atoms with Gasteiger partial charge < -0.3 is 5.32 Å². The number of nitrogens with one attached hydrogen (secondary N) is 1. The predicted molar refractivity (Wildman–Crippen MR) is 95.4 cm³/mol. The summed E-state index contributed by atoms with van der Waals surface area (Å²) in [4.78, 5) is 6.45. The molecule has 0 aliphatic carbocycles. The largest absolute Gasteiger partial charge is 0.314 e. The molecule has 1 aromatic heterocycles. The van der Waals surface area contributed by atoms with Crippen LogP contribution in [-0.4, -0.2) is 36.1 Å². The van der Waals surface area contributed by atoms with Gasteiger partial charge in [-0.15, -0.1) is 31.4 Å². The summed E-state index contributed by atoms with van der Waals surface area (Å²) in [5.74, 6) is 0. The van der Waals surface area contributed by atoms with Gasteiger partial charge in [-0.25, -0.2) is 0 Å². The van der Waals surface area contributed by atoms with Gasteiger partial charge in [0.2, 0.25) is 0 Å². The molecule has 1 saturated heterocycles. The average Bonchev–Trinajstić information content (AvgIpc) is 2.38. The van der Waals surface area contributed by atoms with Gasteiger partial charge in [-0.3, -0.25) is 9.88 Å². The van der Waals surface area contributed by atoms with Crippen LogP contribution in [0.2, 0.25) is 10.0 Å². The van der Waals surface area contributed by atoms with E-state index < -0.39 is 0 Å². The number of pyridine rings is 1. The van der Waals surface area contributed by atoms with Gasteiger partial charge in [-0.2, -0.15) is 0 Å². The molecule has 3 nitrogen and oxygen atoms in total. The highest BCUT2D eigenvalue weighted by molar-refractivity contribution is 6.35. The summed E-state index contributed by atoms with van der Waals surface area (Å²) in [5.41, 5.74) is 2.11. The maximum Gasteiger partial charge on any atom is 0.0652 e. The van der Waals surface area contributed by atoms with Crippen LogP contribution in [0.5, 0.6) is 0 Å². The van der Waals surface area contributed by atoms with Crippen molar-refractivity contribution < 1.29 is 0 Å². The fourth-order valence-corrected chi connectivity index (χ4v) is 3.09. The first-order valence-corrected chi connectivity index (χ1v) is 7.23. The van der Waals surface area contributed by atoms with Crippen molar-refractivity contribution >= 4 is 48.0 Å². The van der Waals surface area contributed by atoms with Gasteiger partial charge in [0.25, 0.3) is 0 Å². The van der Waals surface area contributed by atoms with Crippen LogP contribution in [0.4, 0.5) is 0 Å². The molecule has 1 aromatic rings. The highest BCUT2D eigenvalue weighted by Crippen LogP contribution is 2.36. The minimum Gasteiger partial charge on any atom is -0.314 e. The Hall–Kier alpha value is -0.0300. The molecule has 0 aromatic carbocycles. The molecule has 7 heteroatoms. The highest BCUT2D eigenvalue weighted by atomic mass is 35.5. The molecule has 0 amide bonds. The summed E-state index contributed by atoms with van der Waals surface area (Å²) < 4.78 is 0. The minimum atomic E-state index is 0. The summed E-state index contributed by atoms with van der Waals surface area (Å²) in [6.45, 7) is 10.0. The van der Waals surface area contributed by atoms with E-state index in [1.54, 1.807) is 12.4 Å². The number of halogens is 4. The van der Waals surface area contributed by atoms with E-state index in [0.717, 1.165) is 43.7 Å². The summed E-state index contributed by atoms with van der Waals surface area (Å²) in [6.07, 6.45) is 4.19. The molecule has 1 aliphatic heterocycles. The SMILES string of the molecule is C=C(C)C[C@@H](c1c(Cl)cncc1Cl)N1CCNCC1.Cl.Cl. The normalized spacial score (nSPS) is 16.5. The second kappa shape index (κ2) is 9.88. The molecule has 2 rings (SSSR count). The molecule has 0 bridgehead atoms. The second-order valence-corrected chi connectivity index (χ2v) is 5.79. The van der Waals surface area contributed by atoms with E-state index in [1.165, 1.54) is 0 Å². The molecule has 1 N–H and O–H groups in total. The summed E-state index contributed by atoms with van der Waals surface area (Å²) >= 11 is 12.6. The zero-order valence-corrected chi connectivity index (χ0v) is 15.1. The Labute approximate surface area is 148 Å². The zero-order chi connectivity index (χ0) is 13.8. The first-order chi connectivity index (χ1) is 9.09. The molecule has 1 atom stereocenters. The molecule has 0 radical (unpaired) electrons.